The zero-order chi connectivity index (χ0) is 23.3. The number of hydrogen-bond acceptors (Lipinski definition) is 5. The van der Waals surface area contributed by atoms with Crippen LogP contribution in [0, 0.1) is 16.2 Å². The molecule has 4 aliphatic rings. The van der Waals surface area contributed by atoms with E-state index in [0.29, 0.717) is 39.1 Å². The van der Waals surface area contributed by atoms with Crippen molar-refractivity contribution in [1.29, 1.82) is 0 Å². The van der Waals surface area contributed by atoms with Crippen LogP contribution >= 0.6 is 0 Å². The van der Waals surface area contributed by atoms with Gasteiger partial charge in [-0.15, -0.1) is 0 Å². The zero-order valence-corrected chi connectivity index (χ0v) is 19.7. The fourth-order valence-electron chi connectivity index (χ4n) is 6.00. The molecule has 3 heterocycles. The van der Waals surface area contributed by atoms with Gasteiger partial charge in [-0.2, -0.15) is 0 Å². The van der Waals surface area contributed by atoms with Gasteiger partial charge < -0.3 is 19.1 Å². The van der Waals surface area contributed by atoms with Gasteiger partial charge in [0, 0.05) is 18.0 Å². The lowest BCUT2D eigenvalue weighted by molar-refractivity contribution is -0.193. The normalized spacial score (nSPS) is 33.2. The fourth-order valence-corrected chi connectivity index (χ4v) is 6.00. The average Bonchev–Trinajstić information content (AvgIpc) is 3.37. The molecule has 1 aromatic rings. The summed E-state index contributed by atoms with van der Waals surface area (Å²) in [6.07, 6.45) is 8.40. The van der Waals surface area contributed by atoms with Gasteiger partial charge in [-0.25, -0.2) is 0 Å². The van der Waals surface area contributed by atoms with E-state index in [1.54, 1.807) is 4.90 Å². The van der Waals surface area contributed by atoms with Crippen molar-refractivity contribution in [2.45, 2.75) is 58.8 Å². The van der Waals surface area contributed by atoms with Crippen LogP contribution in [-0.4, -0.2) is 48.9 Å². The topological polar surface area (TPSA) is 65.1 Å². The second-order valence-corrected chi connectivity index (χ2v) is 10.5. The third-order valence-corrected chi connectivity index (χ3v) is 8.74. The van der Waals surface area contributed by atoms with Crippen molar-refractivity contribution in [3.63, 3.8) is 0 Å². The van der Waals surface area contributed by atoms with E-state index in [-0.39, 0.29) is 29.6 Å². The van der Waals surface area contributed by atoms with E-state index < -0.39 is 10.8 Å². The van der Waals surface area contributed by atoms with Crippen molar-refractivity contribution >= 4 is 17.4 Å². The summed E-state index contributed by atoms with van der Waals surface area (Å²) in [5, 5.41) is 0. The number of fused-ring (bicyclic) bond motifs is 2. The van der Waals surface area contributed by atoms with E-state index in [2.05, 4.69) is 39.0 Å². The van der Waals surface area contributed by atoms with E-state index in [4.69, 9.17) is 14.2 Å². The van der Waals surface area contributed by atoms with Crippen LogP contribution < -0.4 is 0 Å². The largest absolute Gasteiger partial charge is 0.464 e. The molecule has 6 nitrogen and oxygen atoms in total. The number of carbonyl (C=O) groups is 2. The summed E-state index contributed by atoms with van der Waals surface area (Å²) in [6.45, 7) is 7.84. The van der Waals surface area contributed by atoms with Crippen molar-refractivity contribution in [3.8, 4) is 0 Å². The lowest BCUT2D eigenvalue weighted by Gasteiger charge is -2.51. The summed E-state index contributed by atoms with van der Waals surface area (Å²) in [6, 6.07) is 9.95. The summed E-state index contributed by atoms with van der Waals surface area (Å²) >= 11 is 0. The van der Waals surface area contributed by atoms with E-state index in [9.17, 15) is 9.59 Å². The van der Waals surface area contributed by atoms with Crippen LogP contribution in [0.1, 0.15) is 52.0 Å². The third-order valence-electron chi connectivity index (χ3n) is 8.74. The summed E-state index contributed by atoms with van der Waals surface area (Å²) in [5.74, 6) is -0.529. The van der Waals surface area contributed by atoms with Gasteiger partial charge in [-0.3, -0.25) is 9.59 Å². The first-order valence-corrected chi connectivity index (χ1v) is 12.0. The Bertz CT molecular complexity index is 993. The molecule has 0 radical (unpaired) electrons. The molecule has 3 aliphatic heterocycles. The molecule has 0 aromatic heterocycles. The molecule has 1 aliphatic carbocycles. The van der Waals surface area contributed by atoms with Crippen molar-refractivity contribution in [3.05, 3.63) is 54.2 Å². The molecule has 3 atom stereocenters. The number of amides is 1. The highest BCUT2D eigenvalue weighted by Gasteiger charge is 2.72. The van der Waals surface area contributed by atoms with Crippen molar-refractivity contribution in [1.82, 2.24) is 4.90 Å². The molecule has 0 unspecified atom stereocenters. The molecular weight excluding hydrogens is 418 g/mol. The molecule has 3 fully saturated rings. The highest BCUT2D eigenvalue weighted by Crippen LogP contribution is 2.66. The van der Waals surface area contributed by atoms with Gasteiger partial charge in [-0.05, 0) is 41.9 Å². The maximum absolute atomic E-state index is 14.2. The number of carbonyl (C=O) groups excluding carboxylic acids is 2. The minimum absolute atomic E-state index is 0.154. The lowest BCUT2D eigenvalue weighted by Crippen LogP contribution is -2.61. The average molecular weight is 452 g/mol. The van der Waals surface area contributed by atoms with Crippen LogP contribution in [0.5, 0.6) is 0 Å². The molecule has 5 rings (SSSR count). The second kappa shape index (κ2) is 8.10. The number of cyclic esters (lactones) is 1. The number of hydrogen-bond donors (Lipinski definition) is 0. The number of rotatable bonds is 5. The maximum atomic E-state index is 14.2. The monoisotopic (exact) mass is 451 g/mol. The molecule has 6 heteroatoms. The van der Waals surface area contributed by atoms with Crippen molar-refractivity contribution in [2.75, 3.05) is 19.8 Å². The molecule has 2 bridgehead atoms. The Morgan fingerprint density at radius 3 is 2.52 bits per heavy atom. The van der Waals surface area contributed by atoms with E-state index in [1.807, 2.05) is 30.5 Å². The molecule has 0 N–H and O–H groups in total. The van der Waals surface area contributed by atoms with E-state index >= 15 is 0 Å². The molecule has 1 amide bonds. The standard InChI is InChI=1S/C27H33NO5/c1-25(2)26(3)12-13-27(25,24(30)33-18-26)23(29)28-14-11-20(19-7-5-4-6-8-19)17-21(28)9-10-22-31-15-16-32-22/h4-8,11,14,17,21-22H,9-10,12-13,15-16,18H2,1-3H3/t21-,26+,27+/m1/s1. The van der Waals surface area contributed by atoms with Gasteiger partial charge in [0.05, 0.1) is 25.9 Å². The molecule has 2 saturated heterocycles. The predicted molar refractivity (Wildman–Crippen MR) is 124 cm³/mol. The Labute approximate surface area is 195 Å². The molecule has 0 spiro atoms. The Kier molecular flexibility index (Phi) is 5.49. The lowest BCUT2D eigenvalue weighted by atomic mass is 9.57. The Morgan fingerprint density at radius 1 is 1.06 bits per heavy atom. The van der Waals surface area contributed by atoms with Crippen LogP contribution in [0.15, 0.2) is 48.7 Å². The van der Waals surface area contributed by atoms with Gasteiger partial charge in [0.25, 0.3) is 0 Å². The third kappa shape index (κ3) is 3.38. The second-order valence-electron chi connectivity index (χ2n) is 10.5. The van der Waals surface area contributed by atoms with E-state index in [1.165, 1.54) is 0 Å². The summed E-state index contributed by atoms with van der Waals surface area (Å²) in [7, 11) is 0. The maximum Gasteiger partial charge on any atom is 0.322 e. The number of benzene rings is 1. The van der Waals surface area contributed by atoms with Crippen LogP contribution in [-0.2, 0) is 23.8 Å². The SMILES string of the molecule is CC1(C)[C@@]2(C)CC[C@]1(C(=O)N1C=CC(c3ccccc3)=C[C@H]1CCC1OCCO1)C(=O)OC2. The molecule has 33 heavy (non-hydrogen) atoms. The van der Waals surface area contributed by atoms with Gasteiger partial charge in [0.1, 0.15) is 0 Å². The Morgan fingerprint density at radius 2 is 1.79 bits per heavy atom. The Balaban J connectivity index is 1.47. The smallest absolute Gasteiger partial charge is 0.322 e. The first-order valence-electron chi connectivity index (χ1n) is 12.0. The van der Waals surface area contributed by atoms with Gasteiger partial charge in [0.2, 0.25) is 5.91 Å². The molecule has 1 saturated carbocycles. The van der Waals surface area contributed by atoms with Crippen molar-refractivity contribution in [2.24, 2.45) is 16.2 Å². The van der Waals surface area contributed by atoms with Crippen LogP contribution in [0.2, 0.25) is 0 Å². The van der Waals surface area contributed by atoms with Crippen LogP contribution in [0.4, 0.5) is 0 Å². The number of ether oxygens (including phenoxy) is 3. The molecular formula is C27H33NO5. The molecule has 1 aromatic carbocycles. The summed E-state index contributed by atoms with van der Waals surface area (Å²) in [4.78, 5) is 29.2. The van der Waals surface area contributed by atoms with Gasteiger partial charge >= 0.3 is 5.97 Å². The van der Waals surface area contributed by atoms with Crippen LogP contribution in [0.25, 0.3) is 5.57 Å². The minimum Gasteiger partial charge on any atom is -0.464 e. The minimum atomic E-state index is -1.17. The predicted octanol–water partition coefficient (Wildman–Crippen LogP) is 4.32. The van der Waals surface area contributed by atoms with Crippen molar-refractivity contribution < 1.29 is 23.8 Å². The summed E-state index contributed by atoms with van der Waals surface area (Å²) in [5.41, 5.74) is 0.301. The van der Waals surface area contributed by atoms with Gasteiger partial charge in [-0.1, -0.05) is 57.2 Å². The Hall–Kier alpha value is -2.44. The fraction of sp³-hybridized carbons (Fsp3) is 0.556. The number of nitrogens with zero attached hydrogens (tertiary/aromatic N) is 1. The van der Waals surface area contributed by atoms with E-state index in [0.717, 1.165) is 17.6 Å². The number of allylic oxidation sites excluding steroid dienone is 2. The first-order chi connectivity index (χ1) is 15.8. The first kappa shape index (κ1) is 22.4. The zero-order valence-electron chi connectivity index (χ0n) is 19.7. The van der Waals surface area contributed by atoms with Gasteiger partial charge in [0.15, 0.2) is 11.7 Å². The number of esters is 1. The summed E-state index contributed by atoms with van der Waals surface area (Å²) < 4.78 is 16.9. The van der Waals surface area contributed by atoms with Crippen LogP contribution in [0.3, 0.4) is 0 Å². The highest BCUT2D eigenvalue weighted by atomic mass is 16.7. The quantitative estimate of drug-likeness (QED) is 0.493. The molecule has 176 valence electrons. The highest BCUT2D eigenvalue weighted by molar-refractivity contribution is 6.05.